The van der Waals surface area contributed by atoms with Gasteiger partial charge in [-0.15, -0.1) is 0 Å². The Morgan fingerprint density at radius 3 is 2.41 bits per heavy atom. The summed E-state index contributed by atoms with van der Waals surface area (Å²) in [6.45, 7) is 1.91. The fraction of sp³-hybridized carbons (Fsp3) is 0.250. The van der Waals surface area contributed by atoms with Gasteiger partial charge in [0.05, 0.1) is 20.4 Å². The van der Waals surface area contributed by atoms with Crippen LogP contribution < -0.4 is 20.2 Å². The molecule has 7 heteroatoms. The summed E-state index contributed by atoms with van der Waals surface area (Å²) in [7, 11) is 3.10. The third kappa shape index (κ3) is 6.14. The molecule has 27 heavy (non-hydrogen) atoms. The van der Waals surface area contributed by atoms with Gasteiger partial charge in [-0.2, -0.15) is 5.10 Å². The Hall–Kier alpha value is -3.35. The summed E-state index contributed by atoms with van der Waals surface area (Å²) in [4.78, 5) is 23.8. The molecule has 0 atom stereocenters. The highest BCUT2D eigenvalue weighted by Crippen LogP contribution is 2.26. The van der Waals surface area contributed by atoms with E-state index in [0.717, 1.165) is 16.8 Å². The molecule has 0 unspecified atom stereocenters. The molecule has 0 aliphatic rings. The molecule has 2 amide bonds. The number of rotatable bonds is 8. The number of benzene rings is 2. The lowest BCUT2D eigenvalue weighted by molar-refractivity contribution is -0.124. The average Bonchev–Trinajstić information content (AvgIpc) is 2.68. The topological polar surface area (TPSA) is 89.0 Å². The van der Waals surface area contributed by atoms with E-state index in [1.165, 1.54) is 6.21 Å². The van der Waals surface area contributed by atoms with Crippen LogP contribution in [0.5, 0.6) is 11.5 Å². The van der Waals surface area contributed by atoms with Gasteiger partial charge < -0.3 is 14.8 Å². The SMILES string of the molecule is COc1ccc(C=NNC(=O)CCC(=O)Nc2ccccc2C)cc1OC. The number of anilines is 1. The molecule has 0 aliphatic carbocycles. The molecule has 2 aromatic carbocycles. The van der Waals surface area contributed by atoms with Crippen molar-refractivity contribution in [1.82, 2.24) is 5.43 Å². The maximum absolute atomic E-state index is 11.9. The van der Waals surface area contributed by atoms with Crippen molar-refractivity contribution < 1.29 is 19.1 Å². The summed E-state index contributed by atoms with van der Waals surface area (Å²) in [6.07, 6.45) is 1.61. The predicted octanol–water partition coefficient (Wildman–Crippen LogP) is 2.88. The van der Waals surface area contributed by atoms with Crippen LogP contribution in [-0.2, 0) is 9.59 Å². The van der Waals surface area contributed by atoms with E-state index in [4.69, 9.17) is 9.47 Å². The van der Waals surface area contributed by atoms with Gasteiger partial charge in [0.15, 0.2) is 11.5 Å². The summed E-state index contributed by atoms with van der Waals surface area (Å²) in [6, 6.07) is 12.7. The van der Waals surface area contributed by atoms with Crippen molar-refractivity contribution in [1.29, 1.82) is 0 Å². The summed E-state index contributed by atoms with van der Waals surface area (Å²) >= 11 is 0. The number of ether oxygens (including phenoxy) is 2. The maximum Gasteiger partial charge on any atom is 0.240 e. The van der Waals surface area contributed by atoms with E-state index in [0.29, 0.717) is 11.5 Å². The van der Waals surface area contributed by atoms with Gasteiger partial charge in [-0.25, -0.2) is 5.43 Å². The fourth-order valence-electron chi connectivity index (χ4n) is 2.32. The van der Waals surface area contributed by atoms with Crippen LogP contribution in [0.15, 0.2) is 47.6 Å². The summed E-state index contributed by atoms with van der Waals surface area (Å²) in [5.74, 6) is 0.619. The second kappa shape index (κ2) is 9.96. The Morgan fingerprint density at radius 2 is 1.70 bits per heavy atom. The maximum atomic E-state index is 11.9. The zero-order valence-corrected chi connectivity index (χ0v) is 15.6. The third-order valence-electron chi connectivity index (χ3n) is 3.81. The number of hydrogen-bond donors (Lipinski definition) is 2. The van der Waals surface area contributed by atoms with Gasteiger partial charge in [-0.3, -0.25) is 9.59 Å². The molecule has 0 aliphatic heterocycles. The normalized spacial score (nSPS) is 10.5. The number of carbonyl (C=O) groups excluding carboxylic acids is 2. The second-order valence-corrected chi connectivity index (χ2v) is 5.77. The highest BCUT2D eigenvalue weighted by molar-refractivity contribution is 5.94. The van der Waals surface area contributed by atoms with Crippen molar-refractivity contribution in [2.24, 2.45) is 5.10 Å². The van der Waals surface area contributed by atoms with Crippen LogP contribution in [0.4, 0.5) is 5.69 Å². The third-order valence-corrected chi connectivity index (χ3v) is 3.81. The van der Waals surface area contributed by atoms with Crippen LogP contribution >= 0.6 is 0 Å². The number of para-hydroxylation sites is 1. The van der Waals surface area contributed by atoms with E-state index in [2.05, 4.69) is 15.8 Å². The molecule has 0 fully saturated rings. The molecule has 2 rings (SSSR count). The van der Waals surface area contributed by atoms with Crippen molar-refractivity contribution in [3.05, 3.63) is 53.6 Å². The predicted molar refractivity (Wildman–Crippen MR) is 104 cm³/mol. The van der Waals surface area contributed by atoms with E-state index in [-0.39, 0.29) is 24.7 Å². The molecule has 0 saturated carbocycles. The van der Waals surface area contributed by atoms with Crippen LogP contribution in [-0.4, -0.2) is 32.2 Å². The number of aryl methyl sites for hydroxylation is 1. The largest absolute Gasteiger partial charge is 0.493 e. The standard InChI is InChI=1S/C20H23N3O4/c1-14-6-4-5-7-16(14)22-19(24)10-11-20(25)23-21-13-15-8-9-17(26-2)18(12-15)27-3/h4-9,12-13H,10-11H2,1-3H3,(H,22,24)(H,23,25). The lowest BCUT2D eigenvalue weighted by atomic mass is 10.2. The fourth-order valence-corrected chi connectivity index (χ4v) is 2.32. The molecule has 0 radical (unpaired) electrons. The lowest BCUT2D eigenvalue weighted by Crippen LogP contribution is -2.20. The zero-order valence-electron chi connectivity index (χ0n) is 15.6. The zero-order chi connectivity index (χ0) is 19.6. The van der Waals surface area contributed by atoms with Crippen molar-refractivity contribution >= 4 is 23.7 Å². The van der Waals surface area contributed by atoms with Gasteiger partial charge in [0.2, 0.25) is 11.8 Å². The first-order valence-corrected chi connectivity index (χ1v) is 8.43. The number of carbonyl (C=O) groups is 2. The lowest BCUT2D eigenvalue weighted by Gasteiger charge is -2.08. The van der Waals surface area contributed by atoms with Crippen molar-refractivity contribution in [2.45, 2.75) is 19.8 Å². The smallest absolute Gasteiger partial charge is 0.240 e. The molecule has 7 nitrogen and oxygen atoms in total. The Labute approximate surface area is 158 Å². The van der Waals surface area contributed by atoms with Crippen LogP contribution in [0, 0.1) is 6.92 Å². The molecule has 2 aromatic rings. The second-order valence-electron chi connectivity index (χ2n) is 5.77. The van der Waals surface area contributed by atoms with Crippen LogP contribution in [0.25, 0.3) is 0 Å². The minimum absolute atomic E-state index is 0.0426. The number of nitrogens with one attached hydrogen (secondary N) is 2. The Morgan fingerprint density at radius 1 is 1.00 bits per heavy atom. The molecule has 142 valence electrons. The van der Waals surface area contributed by atoms with Crippen LogP contribution in [0.3, 0.4) is 0 Å². The molecule has 0 saturated heterocycles. The monoisotopic (exact) mass is 369 g/mol. The number of nitrogens with zero attached hydrogens (tertiary/aromatic N) is 1. The van der Waals surface area contributed by atoms with Crippen LogP contribution in [0.1, 0.15) is 24.0 Å². The highest BCUT2D eigenvalue weighted by atomic mass is 16.5. The van der Waals surface area contributed by atoms with Gasteiger partial charge >= 0.3 is 0 Å². The molecule has 2 N–H and O–H groups in total. The summed E-state index contributed by atoms with van der Waals surface area (Å²) in [5, 5.41) is 6.68. The van der Waals surface area contributed by atoms with Gasteiger partial charge in [-0.05, 0) is 42.3 Å². The molecule has 0 bridgehead atoms. The van der Waals surface area contributed by atoms with Gasteiger partial charge in [-0.1, -0.05) is 18.2 Å². The molecule has 0 aromatic heterocycles. The van der Waals surface area contributed by atoms with Gasteiger partial charge in [0.1, 0.15) is 0 Å². The van der Waals surface area contributed by atoms with E-state index < -0.39 is 0 Å². The summed E-state index contributed by atoms with van der Waals surface area (Å²) in [5.41, 5.74) is 4.86. The van der Waals surface area contributed by atoms with Crippen molar-refractivity contribution in [2.75, 3.05) is 19.5 Å². The Kier molecular flexibility index (Phi) is 7.37. The minimum atomic E-state index is -0.341. The number of hydrazone groups is 1. The minimum Gasteiger partial charge on any atom is -0.493 e. The molecular weight excluding hydrogens is 346 g/mol. The molecular formula is C20H23N3O4. The number of methoxy groups -OCH3 is 2. The summed E-state index contributed by atoms with van der Waals surface area (Å²) < 4.78 is 10.4. The molecule has 0 spiro atoms. The Bertz CT molecular complexity index is 834. The average molecular weight is 369 g/mol. The van der Waals surface area contributed by atoms with E-state index in [1.807, 2.05) is 31.2 Å². The Balaban J connectivity index is 1.79. The highest BCUT2D eigenvalue weighted by Gasteiger charge is 2.08. The first-order chi connectivity index (χ1) is 13.0. The van der Waals surface area contributed by atoms with Crippen molar-refractivity contribution in [3.8, 4) is 11.5 Å². The van der Waals surface area contributed by atoms with Crippen LogP contribution in [0.2, 0.25) is 0 Å². The first kappa shape index (κ1) is 20.0. The van der Waals surface area contributed by atoms with E-state index in [1.54, 1.807) is 32.4 Å². The van der Waals surface area contributed by atoms with Gasteiger partial charge in [0, 0.05) is 18.5 Å². The molecule has 0 heterocycles. The quantitative estimate of drug-likeness (QED) is 0.553. The first-order valence-electron chi connectivity index (χ1n) is 8.43. The van der Waals surface area contributed by atoms with Gasteiger partial charge in [0.25, 0.3) is 0 Å². The van der Waals surface area contributed by atoms with E-state index in [9.17, 15) is 9.59 Å². The number of amides is 2. The number of hydrogen-bond acceptors (Lipinski definition) is 5. The van der Waals surface area contributed by atoms with Crippen molar-refractivity contribution in [3.63, 3.8) is 0 Å². The van der Waals surface area contributed by atoms with E-state index >= 15 is 0 Å².